The van der Waals surface area contributed by atoms with Crippen LogP contribution in [0.1, 0.15) is 50.9 Å². The van der Waals surface area contributed by atoms with Gasteiger partial charge in [-0.1, -0.05) is 38.5 Å². The largest absolute Gasteiger partial charge is 0.494 e. The van der Waals surface area contributed by atoms with Gasteiger partial charge in [0.15, 0.2) is 5.13 Å². The molecule has 0 unspecified atom stereocenters. The number of unbranched alkanes of at least 4 members (excludes halogenated alkanes) is 1. The Labute approximate surface area is 224 Å². The summed E-state index contributed by atoms with van der Waals surface area (Å²) >= 11 is 1.45. The Balaban J connectivity index is 1.91. The number of carbonyl (C=O) groups is 1. The molecular weight excluding hydrogens is 508 g/mol. The second kappa shape index (κ2) is 13.3. The average molecular weight is 547 g/mol. The van der Waals surface area contributed by atoms with Gasteiger partial charge in [0.05, 0.1) is 21.7 Å². The van der Waals surface area contributed by atoms with Gasteiger partial charge in [-0.2, -0.15) is 0 Å². The molecule has 0 aliphatic rings. The molecule has 0 spiro atoms. The molecule has 0 fully saturated rings. The fourth-order valence-electron chi connectivity index (χ4n) is 3.94. The third-order valence-corrected chi connectivity index (χ3v) is 9.22. The number of hydrogen-bond donors (Lipinski definition) is 0. The van der Waals surface area contributed by atoms with E-state index in [1.807, 2.05) is 32.0 Å². The molecule has 1 aromatic heterocycles. The van der Waals surface area contributed by atoms with Gasteiger partial charge in [0.25, 0.3) is 5.91 Å². The van der Waals surface area contributed by atoms with Gasteiger partial charge in [-0.3, -0.25) is 9.69 Å². The van der Waals surface area contributed by atoms with Crippen molar-refractivity contribution in [1.29, 1.82) is 0 Å². The minimum Gasteiger partial charge on any atom is -0.494 e. The molecule has 3 aromatic rings. The van der Waals surface area contributed by atoms with E-state index < -0.39 is 10.0 Å². The van der Waals surface area contributed by atoms with Crippen LogP contribution in [0.25, 0.3) is 10.2 Å². The molecule has 0 atom stereocenters. The fraction of sp³-hybridized carbons (Fsp3) is 0.481. The van der Waals surface area contributed by atoms with E-state index in [-0.39, 0.29) is 10.8 Å². The third kappa shape index (κ3) is 7.07. The number of thiazole rings is 1. The molecule has 0 N–H and O–H groups in total. The highest BCUT2D eigenvalue weighted by Gasteiger charge is 2.24. The average Bonchev–Trinajstić information content (AvgIpc) is 3.32. The summed E-state index contributed by atoms with van der Waals surface area (Å²) in [7, 11) is -2.01. The zero-order chi connectivity index (χ0) is 27.0. The molecule has 0 bridgehead atoms. The quantitative estimate of drug-likeness (QED) is 0.280. The van der Waals surface area contributed by atoms with Crippen LogP contribution in [-0.2, 0) is 10.0 Å². The first kappa shape index (κ1) is 29.0. The topological polar surface area (TPSA) is 83.1 Å². The van der Waals surface area contributed by atoms with Gasteiger partial charge in [0.2, 0.25) is 10.0 Å². The zero-order valence-electron chi connectivity index (χ0n) is 22.4. The van der Waals surface area contributed by atoms with E-state index >= 15 is 0 Å². The zero-order valence-corrected chi connectivity index (χ0v) is 24.1. The van der Waals surface area contributed by atoms with E-state index in [4.69, 9.17) is 9.72 Å². The highest BCUT2D eigenvalue weighted by molar-refractivity contribution is 7.89. The predicted molar refractivity (Wildman–Crippen MR) is 151 cm³/mol. The number of sulfonamides is 1. The van der Waals surface area contributed by atoms with Gasteiger partial charge < -0.3 is 9.64 Å². The Morgan fingerprint density at radius 2 is 1.68 bits per heavy atom. The van der Waals surface area contributed by atoms with E-state index in [9.17, 15) is 13.2 Å². The van der Waals surface area contributed by atoms with Crippen molar-refractivity contribution in [2.24, 2.45) is 0 Å². The van der Waals surface area contributed by atoms with Crippen molar-refractivity contribution in [2.45, 2.75) is 45.4 Å². The van der Waals surface area contributed by atoms with Crippen molar-refractivity contribution < 1.29 is 17.9 Å². The number of ether oxygens (including phenoxy) is 1. The molecule has 0 saturated heterocycles. The minimum atomic E-state index is -3.60. The van der Waals surface area contributed by atoms with Gasteiger partial charge in [-0.25, -0.2) is 17.7 Å². The molecule has 37 heavy (non-hydrogen) atoms. The van der Waals surface area contributed by atoms with E-state index in [0.717, 1.165) is 41.9 Å². The Hall–Kier alpha value is -2.53. The number of amides is 1. The van der Waals surface area contributed by atoms with Gasteiger partial charge in [-0.15, -0.1) is 0 Å². The molecule has 3 rings (SSSR count). The lowest BCUT2D eigenvalue weighted by molar-refractivity contribution is 0.0983. The molecule has 8 nitrogen and oxygen atoms in total. The number of likely N-dealkylation sites (N-methyl/N-ethyl adjacent to an activating group) is 1. The first-order valence-electron chi connectivity index (χ1n) is 12.9. The van der Waals surface area contributed by atoms with E-state index in [2.05, 4.69) is 18.7 Å². The molecule has 0 aliphatic carbocycles. The summed E-state index contributed by atoms with van der Waals surface area (Å²) in [5, 5.41) is 0.608. The standard InChI is InChI=1S/C27H38N4O4S2/c1-6-10-17-29(5)37(33,34)23-14-11-21(12-15-23)26(32)31(19-18-30(7-2)8-3)27-28-24-16-13-22(35-9-4)20-25(24)36-27/h11-16,20H,6-10,17-19H2,1-5H3. The minimum absolute atomic E-state index is 0.181. The Kier molecular flexibility index (Phi) is 10.5. The summed E-state index contributed by atoms with van der Waals surface area (Å²) in [5.41, 5.74) is 1.23. The molecule has 1 amide bonds. The molecule has 0 aliphatic heterocycles. The second-order valence-corrected chi connectivity index (χ2v) is 11.8. The van der Waals surface area contributed by atoms with Crippen LogP contribution < -0.4 is 9.64 Å². The van der Waals surface area contributed by atoms with Gasteiger partial charge in [0, 0.05) is 32.2 Å². The highest BCUT2D eigenvalue weighted by Crippen LogP contribution is 2.32. The molecule has 2 aromatic carbocycles. The maximum atomic E-state index is 13.7. The smallest absolute Gasteiger partial charge is 0.260 e. The lowest BCUT2D eigenvalue weighted by Crippen LogP contribution is -2.38. The van der Waals surface area contributed by atoms with Crippen LogP contribution in [0.3, 0.4) is 0 Å². The molecule has 0 saturated carbocycles. The number of carbonyl (C=O) groups excluding carboxylic acids is 1. The molecule has 0 radical (unpaired) electrons. The maximum Gasteiger partial charge on any atom is 0.260 e. The highest BCUT2D eigenvalue weighted by atomic mass is 32.2. The van der Waals surface area contributed by atoms with Crippen molar-refractivity contribution in [2.75, 3.05) is 51.3 Å². The fourth-order valence-corrected chi connectivity index (χ4v) is 6.16. The van der Waals surface area contributed by atoms with Gasteiger partial charge in [-0.05, 0) is 68.9 Å². The monoisotopic (exact) mass is 546 g/mol. The van der Waals surface area contributed by atoms with E-state index in [1.165, 1.54) is 27.8 Å². The number of aromatic nitrogens is 1. The van der Waals surface area contributed by atoms with Crippen LogP contribution in [0.5, 0.6) is 5.75 Å². The number of rotatable bonds is 14. The lowest BCUT2D eigenvalue weighted by atomic mass is 10.2. The van der Waals surface area contributed by atoms with Crippen LogP contribution in [0.4, 0.5) is 5.13 Å². The maximum absolute atomic E-state index is 13.7. The van der Waals surface area contributed by atoms with Gasteiger partial charge >= 0.3 is 0 Å². The van der Waals surface area contributed by atoms with E-state index in [1.54, 1.807) is 24.1 Å². The van der Waals surface area contributed by atoms with Crippen molar-refractivity contribution in [3.63, 3.8) is 0 Å². The molecular formula is C27H38N4O4S2. The van der Waals surface area contributed by atoms with Crippen molar-refractivity contribution in [3.05, 3.63) is 48.0 Å². The lowest BCUT2D eigenvalue weighted by Gasteiger charge is -2.25. The summed E-state index contributed by atoms with van der Waals surface area (Å²) in [4.78, 5) is 22.6. The second-order valence-electron chi connectivity index (χ2n) is 8.75. The number of benzene rings is 2. The van der Waals surface area contributed by atoms with Crippen LogP contribution in [0, 0.1) is 0 Å². The summed E-state index contributed by atoms with van der Waals surface area (Å²) in [6.45, 7) is 12.1. The number of anilines is 1. The Morgan fingerprint density at radius 3 is 2.30 bits per heavy atom. The number of nitrogens with zero attached hydrogens (tertiary/aromatic N) is 4. The van der Waals surface area contributed by atoms with Crippen LogP contribution in [0.2, 0.25) is 0 Å². The first-order valence-corrected chi connectivity index (χ1v) is 15.1. The Bertz CT molecular complexity index is 1270. The normalized spacial score (nSPS) is 12.0. The molecule has 10 heteroatoms. The van der Waals surface area contributed by atoms with Crippen molar-refractivity contribution >= 4 is 42.6 Å². The number of fused-ring (bicyclic) bond motifs is 1. The summed E-state index contributed by atoms with van der Waals surface area (Å²) < 4.78 is 33.7. The van der Waals surface area contributed by atoms with Crippen molar-refractivity contribution in [1.82, 2.24) is 14.2 Å². The van der Waals surface area contributed by atoms with Crippen LogP contribution in [-0.4, -0.2) is 74.9 Å². The van der Waals surface area contributed by atoms with Gasteiger partial charge in [0.1, 0.15) is 5.75 Å². The number of hydrogen-bond acceptors (Lipinski definition) is 7. The van der Waals surface area contributed by atoms with Crippen LogP contribution >= 0.6 is 11.3 Å². The summed E-state index contributed by atoms with van der Waals surface area (Å²) in [5.74, 6) is 0.562. The predicted octanol–water partition coefficient (Wildman–Crippen LogP) is 5.10. The van der Waals surface area contributed by atoms with Crippen LogP contribution in [0.15, 0.2) is 47.4 Å². The molecule has 1 heterocycles. The summed E-state index contributed by atoms with van der Waals surface area (Å²) in [6, 6.07) is 11.9. The third-order valence-electron chi connectivity index (χ3n) is 6.31. The SMILES string of the molecule is CCCCN(C)S(=O)(=O)c1ccc(C(=O)N(CCN(CC)CC)c2nc3ccc(OCC)cc3s2)cc1. The summed E-state index contributed by atoms with van der Waals surface area (Å²) in [6.07, 6.45) is 1.71. The molecule has 202 valence electrons. The Morgan fingerprint density at radius 1 is 0.973 bits per heavy atom. The van der Waals surface area contributed by atoms with Crippen molar-refractivity contribution in [3.8, 4) is 5.75 Å². The van der Waals surface area contributed by atoms with E-state index in [0.29, 0.717) is 36.9 Å². The first-order chi connectivity index (χ1) is 17.7.